The number of halogens is 1. The van der Waals surface area contributed by atoms with Gasteiger partial charge in [-0.3, -0.25) is 4.79 Å². The van der Waals surface area contributed by atoms with Crippen molar-refractivity contribution >= 4 is 28.4 Å². The zero-order chi connectivity index (χ0) is 23.7. The Balaban J connectivity index is 1.67. The average Bonchev–Trinajstić information content (AvgIpc) is 3.45. The third kappa shape index (κ3) is 4.01. The average molecular weight is 458 g/mol. The van der Waals surface area contributed by atoms with Gasteiger partial charge in [0.2, 0.25) is 0 Å². The highest BCUT2D eigenvalue weighted by Gasteiger charge is 2.33. The number of ether oxygens (including phenoxy) is 1. The summed E-state index contributed by atoms with van der Waals surface area (Å²) in [7, 11) is 0. The Morgan fingerprint density at radius 2 is 1.91 bits per heavy atom. The first kappa shape index (κ1) is 21.7. The van der Waals surface area contributed by atoms with Gasteiger partial charge in [0.15, 0.2) is 0 Å². The lowest BCUT2D eigenvalue weighted by Gasteiger charge is -2.23. The van der Waals surface area contributed by atoms with Crippen molar-refractivity contribution in [2.75, 3.05) is 13.2 Å². The highest BCUT2D eigenvalue weighted by atomic mass is 19.1. The zero-order valence-electron chi connectivity index (χ0n) is 18.6. The molecule has 1 N–H and O–H groups in total. The second-order valence-electron chi connectivity index (χ2n) is 8.17. The Morgan fingerprint density at radius 1 is 1.12 bits per heavy atom. The molecule has 0 saturated carbocycles. The number of aromatic nitrogens is 1. The number of carbonyl (C=O) groups excluding carboxylic acids is 2. The van der Waals surface area contributed by atoms with Crippen molar-refractivity contribution in [3.05, 3.63) is 102 Å². The molecule has 2 aromatic carbocycles. The fraction of sp³-hybridized carbons (Fsp3) is 0.185. The maximum Gasteiger partial charge on any atom is 0.341 e. The summed E-state index contributed by atoms with van der Waals surface area (Å²) in [4.78, 5) is 31.4. The first-order valence-corrected chi connectivity index (χ1v) is 11.1. The van der Waals surface area contributed by atoms with Crippen LogP contribution in [0.15, 0.2) is 77.5 Å². The molecule has 3 heterocycles. The van der Waals surface area contributed by atoms with Crippen LogP contribution < -0.4 is 0 Å². The van der Waals surface area contributed by atoms with E-state index < -0.39 is 11.8 Å². The molecule has 1 atom stereocenters. The molecule has 172 valence electrons. The molecule has 0 bridgehead atoms. The van der Waals surface area contributed by atoms with Gasteiger partial charge in [-0.25, -0.2) is 9.18 Å². The molecule has 0 radical (unpaired) electrons. The molecular weight excluding hydrogens is 435 g/mol. The Morgan fingerprint density at radius 3 is 2.65 bits per heavy atom. The molecule has 6 nitrogen and oxygen atoms in total. The van der Waals surface area contributed by atoms with Crippen LogP contribution in [0.3, 0.4) is 0 Å². The van der Waals surface area contributed by atoms with Crippen LogP contribution in [0.2, 0.25) is 0 Å². The fourth-order valence-corrected chi connectivity index (χ4v) is 4.50. The van der Waals surface area contributed by atoms with Gasteiger partial charge in [0.1, 0.15) is 11.6 Å². The molecule has 0 aliphatic carbocycles. The molecule has 0 saturated heterocycles. The van der Waals surface area contributed by atoms with E-state index in [2.05, 4.69) is 4.98 Å². The molecule has 34 heavy (non-hydrogen) atoms. The van der Waals surface area contributed by atoms with Crippen molar-refractivity contribution in [3.8, 4) is 0 Å². The van der Waals surface area contributed by atoms with Crippen molar-refractivity contribution in [1.29, 1.82) is 0 Å². The van der Waals surface area contributed by atoms with Crippen LogP contribution in [-0.2, 0) is 16.0 Å². The number of amides is 1. The Hall–Kier alpha value is -4.13. The fourth-order valence-electron chi connectivity index (χ4n) is 4.50. The number of para-hydroxylation sites is 1. The van der Waals surface area contributed by atoms with Crippen LogP contribution in [0.4, 0.5) is 4.39 Å². The Bertz CT molecular complexity index is 1370. The van der Waals surface area contributed by atoms with E-state index in [9.17, 15) is 14.0 Å². The van der Waals surface area contributed by atoms with E-state index in [-0.39, 0.29) is 24.0 Å². The van der Waals surface area contributed by atoms with E-state index in [0.29, 0.717) is 24.2 Å². The SMILES string of the molecule is CCOC(=O)C1=CN(C(=O)c2ccc(F)cc2)CC(Cc2ccco2)c2c1[nH]c1ccccc21. The van der Waals surface area contributed by atoms with E-state index in [1.54, 1.807) is 19.4 Å². The molecule has 1 amide bonds. The molecule has 0 spiro atoms. The van der Waals surface area contributed by atoms with Crippen molar-refractivity contribution in [3.63, 3.8) is 0 Å². The summed E-state index contributed by atoms with van der Waals surface area (Å²) in [5.74, 6) is -0.682. The summed E-state index contributed by atoms with van der Waals surface area (Å²) in [6.07, 6.45) is 3.69. The van der Waals surface area contributed by atoms with Gasteiger partial charge in [-0.2, -0.15) is 0 Å². The monoisotopic (exact) mass is 458 g/mol. The van der Waals surface area contributed by atoms with E-state index in [1.807, 2.05) is 36.4 Å². The highest BCUT2D eigenvalue weighted by molar-refractivity contribution is 6.18. The molecule has 2 aromatic heterocycles. The van der Waals surface area contributed by atoms with Gasteiger partial charge in [-0.05, 0) is 55.0 Å². The lowest BCUT2D eigenvalue weighted by atomic mass is 9.90. The van der Waals surface area contributed by atoms with Crippen molar-refractivity contribution < 1.29 is 23.1 Å². The zero-order valence-corrected chi connectivity index (χ0v) is 18.6. The molecule has 5 rings (SSSR count). The van der Waals surface area contributed by atoms with Crippen molar-refractivity contribution in [2.45, 2.75) is 19.3 Å². The Labute approximate surface area is 195 Å². The minimum Gasteiger partial charge on any atom is -0.469 e. The third-order valence-electron chi connectivity index (χ3n) is 6.00. The maximum absolute atomic E-state index is 13.5. The van der Waals surface area contributed by atoms with Gasteiger partial charge in [-0.1, -0.05) is 18.2 Å². The number of carbonyl (C=O) groups is 2. The summed E-state index contributed by atoms with van der Waals surface area (Å²) in [6.45, 7) is 2.24. The van der Waals surface area contributed by atoms with Gasteiger partial charge >= 0.3 is 5.97 Å². The van der Waals surface area contributed by atoms with Crippen LogP contribution in [0.5, 0.6) is 0 Å². The highest BCUT2D eigenvalue weighted by Crippen LogP contribution is 2.39. The van der Waals surface area contributed by atoms with Gasteiger partial charge < -0.3 is 19.0 Å². The second-order valence-corrected chi connectivity index (χ2v) is 8.17. The van der Waals surface area contributed by atoms with Gasteiger partial charge in [0, 0.05) is 41.5 Å². The summed E-state index contributed by atoms with van der Waals surface area (Å²) in [6, 6.07) is 16.9. The van der Waals surface area contributed by atoms with Gasteiger partial charge in [0.05, 0.1) is 24.1 Å². The number of hydrogen-bond acceptors (Lipinski definition) is 4. The van der Waals surface area contributed by atoms with E-state index in [1.165, 1.54) is 29.2 Å². The molecule has 7 heteroatoms. The molecule has 1 aliphatic rings. The number of nitrogens with one attached hydrogen (secondary N) is 1. The number of fused-ring (bicyclic) bond motifs is 3. The van der Waals surface area contributed by atoms with Crippen molar-refractivity contribution in [2.24, 2.45) is 0 Å². The van der Waals surface area contributed by atoms with Gasteiger partial charge in [0.25, 0.3) is 5.91 Å². The van der Waals surface area contributed by atoms with Gasteiger partial charge in [-0.15, -0.1) is 0 Å². The second kappa shape index (κ2) is 9.02. The number of H-pyrrole nitrogens is 1. The summed E-state index contributed by atoms with van der Waals surface area (Å²) in [5, 5.41) is 0.973. The standard InChI is InChI=1S/C27H23FN2O4/c1-2-33-27(32)22-16-30(26(31)17-9-11-19(28)12-10-17)15-18(14-20-6-5-13-34-20)24-21-7-3-4-8-23(21)29-25(22)24/h3-13,16,18,29H,2,14-15H2,1H3. The normalized spacial score (nSPS) is 15.5. The first-order valence-electron chi connectivity index (χ1n) is 11.1. The predicted octanol–water partition coefficient (Wildman–Crippen LogP) is 5.29. The van der Waals surface area contributed by atoms with Crippen LogP contribution >= 0.6 is 0 Å². The summed E-state index contributed by atoms with van der Waals surface area (Å²) >= 11 is 0. The molecule has 1 aliphatic heterocycles. The minimum absolute atomic E-state index is 0.176. The quantitative estimate of drug-likeness (QED) is 0.413. The van der Waals surface area contributed by atoms with E-state index >= 15 is 0 Å². The number of aromatic amines is 1. The lowest BCUT2D eigenvalue weighted by Crippen LogP contribution is -2.30. The van der Waals surface area contributed by atoms with Crippen LogP contribution in [0, 0.1) is 5.82 Å². The third-order valence-corrected chi connectivity index (χ3v) is 6.00. The summed E-state index contributed by atoms with van der Waals surface area (Å²) in [5.41, 5.74) is 3.05. The van der Waals surface area contributed by atoms with E-state index in [0.717, 1.165) is 22.2 Å². The topological polar surface area (TPSA) is 75.5 Å². The van der Waals surface area contributed by atoms with Crippen molar-refractivity contribution in [1.82, 2.24) is 9.88 Å². The number of esters is 1. The number of hydrogen-bond donors (Lipinski definition) is 1. The van der Waals surface area contributed by atoms with E-state index in [4.69, 9.17) is 9.15 Å². The summed E-state index contributed by atoms with van der Waals surface area (Å²) < 4.78 is 24.4. The number of nitrogens with zero attached hydrogens (tertiary/aromatic N) is 1. The van der Waals surface area contributed by atoms with Crippen LogP contribution in [0.1, 0.15) is 40.2 Å². The first-order chi connectivity index (χ1) is 16.5. The Kier molecular flexibility index (Phi) is 5.76. The number of furan rings is 1. The predicted molar refractivity (Wildman–Crippen MR) is 125 cm³/mol. The molecular formula is C27H23FN2O4. The van der Waals surface area contributed by atoms with Crippen LogP contribution in [0.25, 0.3) is 16.5 Å². The lowest BCUT2D eigenvalue weighted by molar-refractivity contribution is -0.136. The number of benzene rings is 2. The number of rotatable bonds is 5. The largest absolute Gasteiger partial charge is 0.469 e. The molecule has 0 fully saturated rings. The maximum atomic E-state index is 13.5. The van der Waals surface area contributed by atoms with Crippen LogP contribution in [-0.4, -0.2) is 34.9 Å². The molecule has 4 aromatic rings. The smallest absolute Gasteiger partial charge is 0.341 e. The molecule has 1 unspecified atom stereocenters. The minimum atomic E-state index is -0.522.